The van der Waals surface area contributed by atoms with E-state index in [4.69, 9.17) is 4.74 Å². The summed E-state index contributed by atoms with van der Waals surface area (Å²) in [5, 5.41) is 7.74. The van der Waals surface area contributed by atoms with Crippen LogP contribution >= 0.6 is 11.3 Å². The molecule has 0 radical (unpaired) electrons. The van der Waals surface area contributed by atoms with Crippen molar-refractivity contribution in [3.05, 3.63) is 22.4 Å². The fourth-order valence-corrected chi connectivity index (χ4v) is 3.41. The Morgan fingerprint density at radius 2 is 2.37 bits per heavy atom. The van der Waals surface area contributed by atoms with Crippen LogP contribution in [-0.2, 0) is 9.53 Å². The van der Waals surface area contributed by atoms with Crippen LogP contribution in [0.4, 0.5) is 0 Å². The summed E-state index contributed by atoms with van der Waals surface area (Å²) in [6.45, 7) is 1.58. The van der Waals surface area contributed by atoms with E-state index in [1.807, 2.05) is 4.90 Å². The van der Waals surface area contributed by atoms with Crippen molar-refractivity contribution in [1.29, 1.82) is 0 Å². The van der Waals surface area contributed by atoms with Gasteiger partial charge in [-0.1, -0.05) is 0 Å². The lowest BCUT2D eigenvalue weighted by Crippen LogP contribution is -2.33. The number of amides is 1. The summed E-state index contributed by atoms with van der Waals surface area (Å²) in [7, 11) is 1.72. The maximum Gasteiger partial charge on any atom is 0.244 e. The molecule has 1 unspecified atom stereocenters. The van der Waals surface area contributed by atoms with E-state index < -0.39 is 0 Å². The number of rotatable bonds is 6. The highest BCUT2D eigenvalue weighted by molar-refractivity contribution is 7.07. The van der Waals surface area contributed by atoms with Gasteiger partial charge in [-0.3, -0.25) is 10.1 Å². The van der Waals surface area contributed by atoms with E-state index in [0.717, 1.165) is 38.8 Å². The molecule has 1 saturated carbocycles. The van der Waals surface area contributed by atoms with Gasteiger partial charge in [-0.05, 0) is 48.1 Å². The molecule has 2 aliphatic rings. The molecule has 1 aliphatic heterocycles. The SMILES string of the molecule is COCCCCN1C(=O)C2(CC2)NC1c1ccsc1. The molecular weight excluding hydrogens is 260 g/mol. The molecule has 3 rings (SSSR count). The lowest BCUT2D eigenvalue weighted by atomic mass is 10.2. The summed E-state index contributed by atoms with van der Waals surface area (Å²) in [4.78, 5) is 14.5. The molecule has 1 saturated heterocycles. The minimum Gasteiger partial charge on any atom is -0.385 e. The average molecular weight is 280 g/mol. The Kier molecular flexibility index (Phi) is 3.60. The van der Waals surface area contributed by atoms with E-state index in [9.17, 15) is 4.79 Å². The Morgan fingerprint density at radius 3 is 3.00 bits per heavy atom. The smallest absolute Gasteiger partial charge is 0.244 e. The number of hydrogen-bond acceptors (Lipinski definition) is 4. The van der Waals surface area contributed by atoms with Crippen LogP contribution < -0.4 is 5.32 Å². The molecule has 5 heteroatoms. The second-order valence-corrected chi connectivity index (χ2v) is 6.16. The molecule has 1 atom stereocenters. The normalized spacial score (nSPS) is 24.4. The van der Waals surface area contributed by atoms with Gasteiger partial charge in [0.1, 0.15) is 11.7 Å². The molecule has 1 aromatic rings. The van der Waals surface area contributed by atoms with E-state index in [1.165, 1.54) is 5.56 Å². The molecule has 1 aromatic heterocycles. The maximum absolute atomic E-state index is 12.5. The predicted octanol–water partition coefficient (Wildman–Crippen LogP) is 2.14. The topological polar surface area (TPSA) is 41.6 Å². The number of nitrogens with zero attached hydrogens (tertiary/aromatic N) is 1. The Balaban J connectivity index is 1.68. The van der Waals surface area contributed by atoms with Crippen LogP contribution in [0.5, 0.6) is 0 Å². The number of carbonyl (C=O) groups is 1. The van der Waals surface area contributed by atoms with Crippen LogP contribution in [0.25, 0.3) is 0 Å². The van der Waals surface area contributed by atoms with Crippen molar-refractivity contribution < 1.29 is 9.53 Å². The summed E-state index contributed by atoms with van der Waals surface area (Å²) in [5.41, 5.74) is 0.988. The van der Waals surface area contributed by atoms with Gasteiger partial charge in [-0.25, -0.2) is 0 Å². The van der Waals surface area contributed by atoms with E-state index >= 15 is 0 Å². The van der Waals surface area contributed by atoms with E-state index in [0.29, 0.717) is 5.91 Å². The standard InChI is InChI=1S/C14H20N2O2S/c1-18-8-3-2-7-16-12(11-4-9-19-10-11)15-14(5-6-14)13(16)17/h4,9-10,12,15H,2-3,5-8H2,1H3. The second kappa shape index (κ2) is 5.23. The third-order valence-electron chi connectivity index (χ3n) is 4.00. The molecule has 4 nitrogen and oxygen atoms in total. The van der Waals surface area contributed by atoms with E-state index in [2.05, 4.69) is 22.1 Å². The van der Waals surface area contributed by atoms with Crippen LogP contribution in [0.3, 0.4) is 0 Å². The van der Waals surface area contributed by atoms with Crippen molar-refractivity contribution in [3.8, 4) is 0 Å². The molecule has 19 heavy (non-hydrogen) atoms. The van der Waals surface area contributed by atoms with Gasteiger partial charge in [-0.15, -0.1) is 0 Å². The number of methoxy groups -OCH3 is 1. The number of thiophene rings is 1. The molecule has 1 spiro atoms. The zero-order valence-corrected chi connectivity index (χ0v) is 12.0. The van der Waals surface area contributed by atoms with Crippen LogP contribution in [0.2, 0.25) is 0 Å². The summed E-state index contributed by atoms with van der Waals surface area (Å²) < 4.78 is 5.07. The average Bonchev–Trinajstić information content (AvgIpc) is 2.89. The van der Waals surface area contributed by atoms with Gasteiger partial charge >= 0.3 is 0 Å². The highest BCUT2D eigenvalue weighted by atomic mass is 32.1. The molecule has 104 valence electrons. The first-order valence-corrected chi connectivity index (χ1v) is 7.81. The van der Waals surface area contributed by atoms with Gasteiger partial charge in [0.2, 0.25) is 5.91 Å². The summed E-state index contributed by atoms with van der Waals surface area (Å²) in [6, 6.07) is 2.11. The predicted molar refractivity (Wildman–Crippen MR) is 75.0 cm³/mol. The Bertz CT molecular complexity index is 442. The quantitative estimate of drug-likeness (QED) is 0.812. The van der Waals surface area contributed by atoms with Crippen LogP contribution in [0, 0.1) is 0 Å². The first-order chi connectivity index (χ1) is 9.27. The lowest BCUT2D eigenvalue weighted by Gasteiger charge is -2.23. The minimum atomic E-state index is -0.228. The third-order valence-corrected chi connectivity index (χ3v) is 4.70. The number of ether oxygens (including phenoxy) is 1. The maximum atomic E-state index is 12.5. The summed E-state index contributed by atoms with van der Waals surface area (Å²) >= 11 is 1.68. The largest absolute Gasteiger partial charge is 0.385 e. The van der Waals surface area contributed by atoms with Gasteiger partial charge in [-0.2, -0.15) is 11.3 Å². The lowest BCUT2D eigenvalue weighted by molar-refractivity contribution is -0.131. The monoisotopic (exact) mass is 280 g/mol. The van der Waals surface area contributed by atoms with Crippen LogP contribution in [-0.4, -0.2) is 36.6 Å². The molecule has 2 fully saturated rings. The van der Waals surface area contributed by atoms with Crippen molar-refractivity contribution in [2.45, 2.75) is 37.4 Å². The number of carbonyl (C=O) groups excluding carboxylic acids is 1. The fraction of sp³-hybridized carbons (Fsp3) is 0.643. The van der Waals surface area contributed by atoms with Crippen LogP contribution in [0.15, 0.2) is 16.8 Å². The molecule has 0 aromatic carbocycles. The molecule has 0 bridgehead atoms. The number of unbranched alkanes of at least 4 members (excludes halogenated alkanes) is 1. The highest BCUT2D eigenvalue weighted by Crippen LogP contribution is 2.46. The van der Waals surface area contributed by atoms with E-state index in [-0.39, 0.29) is 11.7 Å². The Hall–Kier alpha value is -0.910. The molecule has 1 amide bonds. The van der Waals surface area contributed by atoms with Gasteiger partial charge < -0.3 is 9.64 Å². The summed E-state index contributed by atoms with van der Waals surface area (Å²) in [5.74, 6) is 0.293. The first kappa shape index (κ1) is 13.1. The zero-order valence-electron chi connectivity index (χ0n) is 11.2. The van der Waals surface area contributed by atoms with Gasteiger partial charge in [0.15, 0.2) is 0 Å². The fourth-order valence-electron chi connectivity index (χ4n) is 2.73. The van der Waals surface area contributed by atoms with Crippen molar-refractivity contribution in [3.63, 3.8) is 0 Å². The van der Waals surface area contributed by atoms with Crippen molar-refractivity contribution in [2.24, 2.45) is 0 Å². The molecule has 2 heterocycles. The minimum absolute atomic E-state index is 0.0730. The van der Waals surface area contributed by atoms with Crippen molar-refractivity contribution in [2.75, 3.05) is 20.3 Å². The van der Waals surface area contributed by atoms with E-state index in [1.54, 1.807) is 18.4 Å². The molecular formula is C14H20N2O2S. The first-order valence-electron chi connectivity index (χ1n) is 6.87. The molecule has 1 N–H and O–H groups in total. The Labute approximate surface area is 117 Å². The second-order valence-electron chi connectivity index (χ2n) is 5.38. The Morgan fingerprint density at radius 1 is 1.53 bits per heavy atom. The van der Waals surface area contributed by atoms with Gasteiger partial charge in [0.25, 0.3) is 0 Å². The van der Waals surface area contributed by atoms with Crippen molar-refractivity contribution in [1.82, 2.24) is 10.2 Å². The summed E-state index contributed by atoms with van der Waals surface area (Å²) in [6.07, 6.45) is 4.05. The van der Waals surface area contributed by atoms with Gasteiger partial charge in [0, 0.05) is 20.3 Å². The number of hydrogen-bond donors (Lipinski definition) is 1. The zero-order chi connectivity index (χ0) is 13.3. The van der Waals surface area contributed by atoms with Crippen LogP contribution in [0.1, 0.15) is 37.4 Å². The highest BCUT2D eigenvalue weighted by Gasteiger charge is 2.59. The third kappa shape index (κ3) is 2.42. The van der Waals surface area contributed by atoms with Gasteiger partial charge in [0.05, 0.1) is 0 Å². The van der Waals surface area contributed by atoms with Crippen molar-refractivity contribution >= 4 is 17.2 Å². The molecule has 1 aliphatic carbocycles. The number of nitrogens with one attached hydrogen (secondary N) is 1.